The SMILES string of the molecule is Cn1cc(C(=O)/C=C/C2CCN(Cc3ccccc3)CC2)c2cc(Cl)ccc21. The molecule has 0 spiro atoms. The molecule has 4 rings (SSSR count). The van der Waals surface area contributed by atoms with E-state index in [2.05, 4.69) is 41.3 Å². The number of halogens is 1. The van der Waals surface area contributed by atoms with E-state index in [1.165, 1.54) is 5.56 Å². The quantitative estimate of drug-likeness (QED) is 0.424. The number of piperidine rings is 1. The van der Waals surface area contributed by atoms with Gasteiger partial charge >= 0.3 is 0 Å². The van der Waals surface area contributed by atoms with Gasteiger partial charge in [-0.1, -0.05) is 48.0 Å². The van der Waals surface area contributed by atoms with Gasteiger partial charge < -0.3 is 4.57 Å². The highest BCUT2D eigenvalue weighted by molar-refractivity contribution is 6.31. The van der Waals surface area contributed by atoms with Gasteiger partial charge in [-0.2, -0.15) is 0 Å². The Kier molecular flexibility index (Phi) is 5.65. The van der Waals surface area contributed by atoms with Gasteiger partial charge in [0.25, 0.3) is 0 Å². The molecular weight excluding hydrogens is 368 g/mol. The van der Waals surface area contributed by atoms with Gasteiger partial charge in [-0.15, -0.1) is 0 Å². The first-order chi connectivity index (χ1) is 13.6. The van der Waals surface area contributed by atoms with Crippen LogP contribution in [0.4, 0.5) is 0 Å². The minimum absolute atomic E-state index is 0.0552. The standard InChI is InChI=1S/C24H25ClN2O/c1-26-17-22(21-15-20(25)8-9-23(21)26)24(28)10-7-18-11-13-27(14-12-18)16-19-5-3-2-4-6-19/h2-10,15,17-18H,11-14,16H2,1H3/b10-7+. The molecule has 2 heterocycles. The summed E-state index contributed by atoms with van der Waals surface area (Å²) in [6.07, 6.45) is 7.95. The van der Waals surface area contributed by atoms with Gasteiger partial charge in [0.2, 0.25) is 0 Å². The van der Waals surface area contributed by atoms with Crippen LogP contribution in [0.1, 0.15) is 28.8 Å². The minimum atomic E-state index is 0.0552. The first-order valence-electron chi connectivity index (χ1n) is 9.83. The predicted molar refractivity (Wildman–Crippen MR) is 116 cm³/mol. The van der Waals surface area contributed by atoms with Crippen molar-refractivity contribution in [2.24, 2.45) is 13.0 Å². The molecular formula is C24H25ClN2O. The van der Waals surface area contributed by atoms with Gasteiger partial charge in [0.15, 0.2) is 5.78 Å². The van der Waals surface area contributed by atoms with E-state index in [1.807, 2.05) is 36.0 Å². The van der Waals surface area contributed by atoms with Crippen molar-refractivity contribution in [3.8, 4) is 0 Å². The Bertz CT molecular complexity index is 998. The number of fused-ring (bicyclic) bond motifs is 1. The molecule has 0 unspecified atom stereocenters. The molecule has 144 valence electrons. The number of hydrogen-bond acceptors (Lipinski definition) is 2. The third-order valence-electron chi connectivity index (χ3n) is 5.62. The fourth-order valence-corrected chi connectivity index (χ4v) is 4.19. The first kappa shape index (κ1) is 19.0. The average Bonchev–Trinajstić information content (AvgIpc) is 3.04. The zero-order chi connectivity index (χ0) is 19.5. The number of likely N-dealkylation sites (tertiary alicyclic amines) is 1. The number of nitrogens with zero attached hydrogens (tertiary/aromatic N) is 2. The van der Waals surface area contributed by atoms with Crippen molar-refractivity contribution in [1.82, 2.24) is 9.47 Å². The predicted octanol–water partition coefficient (Wildman–Crippen LogP) is 5.48. The van der Waals surface area contributed by atoms with Crippen molar-refractivity contribution in [2.75, 3.05) is 13.1 Å². The highest BCUT2D eigenvalue weighted by Crippen LogP contribution is 2.26. The van der Waals surface area contributed by atoms with Crippen molar-refractivity contribution in [3.63, 3.8) is 0 Å². The van der Waals surface area contributed by atoms with Gasteiger partial charge in [0.05, 0.1) is 0 Å². The fraction of sp³-hybridized carbons (Fsp3) is 0.292. The molecule has 1 aliphatic rings. The summed E-state index contributed by atoms with van der Waals surface area (Å²) in [5.74, 6) is 0.522. The molecule has 3 nitrogen and oxygen atoms in total. The van der Waals surface area contributed by atoms with Crippen molar-refractivity contribution in [2.45, 2.75) is 19.4 Å². The van der Waals surface area contributed by atoms with Crippen LogP contribution in [0.2, 0.25) is 5.02 Å². The van der Waals surface area contributed by atoms with Crippen LogP contribution in [-0.4, -0.2) is 28.3 Å². The minimum Gasteiger partial charge on any atom is -0.350 e. The van der Waals surface area contributed by atoms with Crippen molar-refractivity contribution in [1.29, 1.82) is 0 Å². The maximum absolute atomic E-state index is 12.8. The summed E-state index contributed by atoms with van der Waals surface area (Å²) in [6, 6.07) is 16.3. The number of carbonyl (C=O) groups excluding carboxylic acids is 1. The van der Waals surface area contributed by atoms with Gasteiger partial charge in [0, 0.05) is 41.3 Å². The van der Waals surface area contributed by atoms with Crippen LogP contribution in [0, 0.1) is 5.92 Å². The van der Waals surface area contributed by atoms with Crippen molar-refractivity contribution in [3.05, 3.63) is 83.0 Å². The molecule has 4 heteroatoms. The second kappa shape index (κ2) is 8.34. The number of aryl methyl sites for hydroxylation is 1. The third kappa shape index (κ3) is 4.21. The Morgan fingerprint density at radius 2 is 1.89 bits per heavy atom. The van der Waals surface area contributed by atoms with Crippen LogP contribution < -0.4 is 0 Å². The van der Waals surface area contributed by atoms with E-state index < -0.39 is 0 Å². The Balaban J connectivity index is 1.38. The van der Waals surface area contributed by atoms with Crippen LogP contribution in [-0.2, 0) is 13.6 Å². The van der Waals surface area contributed by atoms with Crippen LogP contribution in [0.5, 0.6) is 0 Å². The second-order valence-corrected chi connectivity index (χ2v) is 8.07. The molecule has 0 radical (unpaired) electrons. The Morgan fingerprint density at radius 1 is 1.14 bits per heavy atom. The number of hydrogen-bond donors (Lipinski definition) is 0. The highest BCUT2D eigenvalue weighted by atomic mass is 35.5. The van der Waals surface area contributed by atoms with E-state index in [4.69, 9.17) is 11.6 Å². The van der Waals surface area contributed by atoms with Crippen molar-refractivity contribution < 1.29 is 4.79 Å². The van der Waals surface area contributed by atoms with E-state index in [1.54, 1.807) is 6.08 Å². The molecule has 1 aromatic heterocycles. The van der Waals surface area contributed by atoms with E-state index in [0.717, 1.165) is 48.9 Å². The van der Waals surface area contributed by atoms with Crippen LogP contribution in [0.15, 0.2) is 66.9 Å². The lowest BCUT2D eigenvalue weighted by Gasteiger charge is -2.30. The zero-order valence-corrected chi connectivity index (χ0v) is 16.9. The smallest absolute Gasteiger partial charge is 0.187 e. The maximum atomic E-state index is 12.8. The number of benzene rings is 2. The van der Waals surface area contributed by atoms with E-state index in [-0.39, 0.29) is 5.78 Å². The lowest BCUT2D eigenvalue weighted by molar-refractivity contribution is 0.104. The molecule has 1 aliphatic heterocycles. The van der Waals surface area contributed by atoms with E-state index in [0.29, 0.717) is 10.9 Å². The summed E-state index contributed by atoms with van der Waals surface area (Å²) >= 11 is 6.13. The molecule has 0 aliphatic carbocycles. The summed E-state index contributed by atoms with van der Waals surface area (Å²) in [7, 11) is 1.96. The summed E-state index contributed by atoms with van der Waals surface area (Å²) in [5.41, 5.74) is 3.11. The van der Waals surface area contributed by atoms with Crippen LogP contribution in [0.3, 0.4) is 0 Å². The van der Waals surface area contributed by atoms with Crippen LogP contribution >= 0.6 is 11.6 Å². The molecule has 0 N–H and O–H groups in total. The van der Waals surface area contributed by atoms with Gasteiger partial charge in [0.1, 0.15) is 0 Å². The lowest BCUT2D eigenvalue weighted by Crippen LogP contribution is -2.32. The topological polar surface area (TPSA) is 25.2 Å². The molecule has 0 saturated carbocycles. The Hall–Kier alpha value is -2.36. The van der Waals surface area contributed by atoms with Crippen molar-refractivity contribution >= 4 is 28.3 Å². The first-order valence-corrected chi connectivity index (χ1v) is 10.2. The molecule has 0 bridgehead atoms. The normalized spacial score (nSPS) is 16.2. The monoisotopic (exact) mass is 392 g/mol. The van der Waals surface area contributed by atoms with Crippen LogP contribution in [0.25, 0.3) is 10.9 Å². The lowest BCUT2D eigenvalue weighted by atomic mass is 9.95. The number of carbonyl (C=O) groups is 1. The fourth-order valence-electron chi connectivity index (χ4n) is 4.02. The number of aromatic nitrogens is 1. The maximum Gasteiger partial charge on any atom is 0.187 e. The number of rotatable bonds is 5. The third-order valence-corrected chi connectivity index (χ3v) is 5.85. The Morgan fingerprint density at radius 3 is 2.64 bits per heavy atom. The zero-order valence-electron chi connectivity index (χ0n) is 16.1. The largest absolute Gasteiger partial charge is 0.350 e. The molecule has 2 aromatic carbocycles. The average molecular weight is 393 g/mol. The summed E-state index contributed by atoms with van der Waals surface area (Å²) in [5, 5.41) is 1.57. The van der Waals surface area contributed by atoms with Gasteiger partial charge in [-0.05, 0) is 61.7 Å². The van der Waals surface area contributed by atoms with E-state index >= 15 is 0 Å². The number of allylic oxidation sites excluding steroid dienone is 2. The summed E-state index contributed by atoms with van der Waals surface area (Å²) < 4.78 is 1.98. The molecule has 3 aromatic rings. The summed E-state index contributed by atoms with van der Waals surface area (Å²) in [4.78, 5) is 15.3. The van der Waals surface area contributed by atoms with Gasteiger partial charge in [-0.25, -0.2) is 0 Å². The summed E-state index contributed by atoms with van der Waals surface area (Å²) in [6.45, 7) is 3.15. The molecule has 28 heavy (non-hydrogen) atoms. The molecule has 1 saturated heterocycles. The second-order valence-electron chi connectivity index (χ2n) is 7.64. The Labute approximate surface area is 171 Å². The highest BCUT2D eigenvalue weighted by Gasteiger charge is 2.18. The van der Waals surface area contributed by atoms with E-state index in [9.17, 15) is 4.79 Å². The molecule has 1 fully saturated rings. The molecule has 0 atom stereocenters. The van der Waals surface area contributed by atoms with Gasteiger partial charge in [-0.3, -0.25) is 9.69 Å². The number of ketones is 1. The molecule has 0 amide bonds.